The van der Waals surface area contributed by atoms with Crippen molar-refractivity contribution in [3.05, 3.63) is 65.9 Å². The van der Waals surface area contributed by atoms with Gasteiger partial charge >= 0.3 is 0 Å². The molecule has 8 heteroatoms. The number of methoxy groups -OCH3 is 1. The van der Waals surface area contributed by atoms with Crippen molar-refractivity contribution >= 4 is 22.4 Å². The monoisotopic (exact) mass is 389 g/mol. The first kappa shape index (κ1) is 18.9. The van der Waals surface area contributed by atoms with Gasteiger partial charge in [0, 0.05) is 40.1 Å². The Labute approximate surface area is 157 Å². The average molecular weight is 389 g/mol. The minimum Gasteiger partial charge on any atom is -0.496 e. The van der Waals surface area contributed by atoms with Gasteiger partial charge in [-0.05, 0) is 29.8 Å². The van der Waals surface area contributed by atoms with Crippen LogP contribution in [0.5, 0.6) is 5.75 Å². The summed E-state index contributed by atoms with van der Waals surface area (Å²) in [5, 5.41) is 3.00. The average Bonchev–Trinajstić information content (AvgIpc) is 2.63. The molecular formula is C19H17F2N3O2S. The van der Waals surface area contributed by atoms with Gasteiger partial charge in [0.05, 0.1) is 13.3 Å². The molecule has 3 rings (SSSR count). The third-order valence-corrected chi connectivity index (χ3v) is 4.46. The van der Waals surface area contributed by atoms with Crippen molar-refractivity contribution in [3.8, 4) is 17.0 Å². The summed E-state index contributed by atoms with van der Waals surface area (Å²) in [5.41, 5.74) is 1.89. The van der Waals surface area contributed by atoms with Crippen LogP contribution < -0.4 is 10.1 Å². The van der Waals surface area contributed by atoms with E-state index in [1.54, 1.807) is 12.3 Å². The largest absolute Gasteiger partial charge is 0.496 e. The molecule has 1 aromatic heterocycles. The van der Waals surface area contributed by atoms with Crippen molar-refractivity contribution in [1.29, 1.82) is 0 Å². The number of nitrogens with zero attached hydrogens (tertiary/aromatic N) is 2. The zero-order chi connectivity index (χ0) is 19.4. The highest BCUT2D eigenvalue weighted by atomic mass is 32.2. The molecule has 1 N–H and O–H groups in total. The standard InChI is InChI=1S/C19H17F2N3O2S/c1-26-17-9-13(20)6-7-15(17)18-16(21)10-22-19(24-18)23-14-5-3-4-12(8-14)11-27(2)25/h3-10H,11H2,1-2H3,(H,22,23,24). The summed E-state index contributed by atoms with van der Waals surface area (Å²) >= 11 is 0. The van der Waals surface area contributed by atoms with Gasteiger partial charge in [-0.3, -0.25) is 4.21 Å². The van der Waals surface area contributed by atoms with Gasteiger partial charge in [0.15, 0.2) is 5.82 Å². The maximum Gasteiger partial charge on any atom is 0.227 e. The van der Waals surface area contributed by atoms with Crippen molar-refractivity contribution in [2.24, 2.45) is 0 Å². The summed E-state index contributed by atoms with van der Waals surface area (Å²) < 4.78 is 44.2. The Balaban J connectivity index is 1.94. The Morgan fingerprint density at radius 1 is 1.19 bits per heavy atom. The molecule has 0 spiro atoms. The first-order valence-electron chi connectivity index (χ1n) is 7.98. The van der Waals surface area contributed by atoms with Gasteiger partial charge in [-0.1, -0.05) is 12.1 Å². The van der Waals surface area contributed by atoms with E-state index in [2.05, 4.69) is 15.3 Å². The third kappa shape index (κ3) is 4.65. The van der Waals surface area contributed by atoms with E-state index in [1.807, 2.05) is 18.2 Å². The molecule has 1 unspecified atom stereocenters. The van der Waals surface area contributed by atoms with Gasteiger partial charge < -0.3 is 10.1 Å². The van der Waals surface area contributed by atoms with Crippen LogP contribution in [0.1, 0.15) is 5.56 Å². The van der Waals surface area contributed by atoms with Gasteiger partial charge in [0.2, 0.25) is 5.95 Å². The summed E-state index contributed by atoms with van der Waals surface area (Å²) in [6, 6.07) is 11.1. The fourth-order valence-corrected chi connectivity index (χ4v) is 3.23. The Morgan fingerprint density at radius 3 is 2.74 bits per heavy atom. The molecule has 0 radical (unpaired) electrons. The molecular weight excluding hydrogens is 372 g/mol. The van der Waals surface area contributed by atoms with Crippen LogP contribution in [0.25, 0.3) is 11.3 Å². The number of aromatic nitrogens is 2. The van der Waals surface area contributed by atoms with Crippen molar-refractivity contribution < 1.29 is 17.7 Å². The second-order valence-corrected chi connectivity index (χ2v) is 7.21. The first-order valence-corrected chi connectivity index (χ1v) is 9.71. The molecule has 1 atom stereocenters. The molecule has 0 aliphatic carbocycles. The first-order chi connectivity index (χ1) is 13.0. The number of halogens is 2. The van der Waals surface area contributed by atoms with Gasteiger partial charge in [-0.2, -0.15) is 0 Å². The quantitative estimate of drug-likeness (QED) is 0.689. The van der Waals surface area contributed by atoms with Gasteiger partial charge in [0.25, 0.3) is 0 Å². The molecule has 5 nitrogen and oxygen atoms in total. The molecule has 0 amide bonds. The van der Waals surface area contributed by atoms with Crippen LogP contribution in [0.4, 0.5) is 20.4 Å². The number of rotatable bonds is 6. The van der Waals surface area contributed by atoms with E-state index in [4.69, 9.17) is 4.74 Å². The SMILES string of the molecule is COc1cc(F)ccc1-c1nc(Nc2cccc(CS(C)=O)c2)ncc1F. The van der Waals surface area contributed by atoms with Crippen LogP contribution in [-0.2, 0) is 16.6 Å². The fraction of sp³-hybridized carbons (Fsp3) is 0.158. The predicted molar refractivity (Wildman–Crippen MR) is 101 cm³/mol. The molecule has 27 heavy (non-hydrogen) atoms. The van der Waals surface area contributed by atoms with Crippen molar-refractivity contribution in [1.82, 2.24) is 9.97 Å². The maximum atomic E-state index is 14.3. The van der Waals surface area contributed by atoms with E-state index in [1.165, 1.54) is 25.3 Å². The number of hydrogen-bond acceptors (Lipinski definition) is 5. The highest BCUT2D eigenvalue weighted by Gasteiger charge is 2.15. The second-order valence-electron chi connectivity index (χ2n) is 5.78. The number of ether oxygens (including phenoxy) is 1. The molecule has 0 aliphatic heterocycles. The summed E-state index contributed by atoms with van der Waals surface area (Å²) in [7, 11) is 0.413. The van der Waals surface area contributed by atoms with Crippen LogP contribution in [0.2, 0.25) is 0 Å². The summed E-state index contributed by atoms with van der Waals surface area (Å²) in [4.78, 5) is 8.16. The number of hydrogen-bond donors (Lipinski definition) is 1. The van der Waals surface area contributed by atoms with E-state index < -0.39 is 22.4 Å². The smallest absolute Gasteiger partial charge is 0.227 e. The number of nitrogens with one attached hydrogen (secondary N) is 1. The Kier molecular flexibility index (Phi) is 5.75. The lowest BCUT2D eigenvalue weighted by Crippen LogP contribution is -2.02. The van der Waals surface area contributed by atoms with E-state index in [0.717, 1.165) is 11.8 Å². The molecule has 2 aromatic carbocycles. The zero-order valence-corrected chi connectivity index (χ0v) is 15.5. The van der Waals surface area contributed by atoms with Gasteiger partial charge in [-0.15, -0.1) is 0 Å². The molecule has 1 heterocycles. The maximum absolute atomic E-state index is 14.3. The fourth-order valence-electron chi connectivity index (χ4n) is 2.58. The summed E-state index contributed by atoms with van der Waals surface area (Å²) in [6.45, 7) is 0. The van der Waals surface area contributed by atoms with Crippen LogP contribution >= 0.6 is 0 Å². The molecule has 140 valence electrons. The van der Waals surface area contributed by atoms with Crippen LogP contribution in [0.3, 0.4) is 0 Å². The second kappa shape index (κ2) is 8.22. The summed E-state index contributed by atoms with van der Waals surface area (Å²) in [5.74, 6) is -0.370. The van der Waals surface area contributed by atoms with Crippen LogP contribution in [0.15, 0.2) is 48.7 Å². The minimum atomic E-state index is -0.962. The van der Waals surface area contributed by atoms with Gasteiger partial charge in [-0.25, -0.2) is 18.7 Å². The van der Waals surface area contributed by atoms with E-state index in [0.29, 0.717) is 17.0 Å². The lowest BCUT2D eigenvalue weighted by atomic mass is 10.1. The molecule has 0 saturated carbocycles. The molecule has 3 aromatic rings. The molecule has 0 saturated heterocycles. The lowest BCUT2D eigenvalue weighted by molar-refractivity contribution is 0.412. The number of anilines is 2. The summed E-state index contributed by atoms with van der Waals surface area (Å²) in [6.07, 6.45) is 2.67. The van der Waals surface area contributed by atoms with E-state index in [-0.39, 0.29) is 17.4 Å². The zero-order valence-electron chi connectivity index (χ0n) is 14.7. The molecule has 0 bridgehead atoms. The van der Waals surface area contributed by atoms with Gasteiger partial charge in [0.1, 0.15) is 17.3 Å². The van der Waals surface area contributed by atoms with E-state index in [9.17, 15) is 13.0 Å². The topological polar surface area (TPSA) is 64.1 Å². The van der Waals surface area contributed by atoms with Crippen LogP contribution in [-0.4, -0.2) is 27.5 Å². The normalized spacial score (nSPS) is 11.9. The van der Waals surface area contributed by atoms with Crippen molar-refractivity contribution in [3.63, 3.8) is 0 Å². The predicted octanol–water partition coefficient (Wildman–Crippen LogP) is 4.05. The Morgan fingerprint density at radius 2 is 2.00 bits per heavy atom. The third-order valence-electron chi connectivity index (χ3n) is 3.72. The Bertz CT molecular complexity index is 998. The van der Waals surface area contributed by atoms with Crippen molar-refractivity contribution in [2.75, 3.05) is 18.7 Å². The lowest BCUT2D eigenvalue weighted by Gasteiger charge is -2.11. The van der Waals surface area contributed by atoms with Crippen molar-refractivity contribution in [2.45, 2.75) is 5.75 Å². The molecule has 0 fully saturated rings. The Hall–Kier alpha value is -2.87. The number of benzene rings is 2. The van der Waals surface area contributed by atoms with Crippen LogP contribution in [0, 0.1) is 11.6 Å². The highest BCUT2D eigenvalue weighted by Crippen LogP contribution is 2.31. The minimum absolute atomic E-state index is 0.00448. The molecule has 0 aliphatic rings. The van der Waals surface area contributed by atoms with E-state index >= 15 is 0 Å². The highest BCUT2D eigenvalue weighted by molar-refractivity contribution is 7.83.